The van der Waals surface area contributed by atoms with Gasteiger partial charge in [0.05, 0.1) is 4.92 Å². The topological polar surface area (TPSA) is 149 Å². The van der Waals surface area contributed by atoms with Gasteiger partial charge >= 0.3 is 0 Å². The van der Waals surface area contributed by atoms with Gasteiger partial charge in [-0.1, -0.05) is 42.5 Å². The molecule has 0 spiro atoms. The number of nitrogens with one attached hydrogen (secondary N) is 2. The van der Waals surface area contributed by atoms with E-state index in [1.807, 2.05) is 30.3 Å². The first kappa shape index (κ1) is 20.5. The van der Waals surface area contributed by atoms with Crippen molar-refractivity contribution >= 4 is 17.4 Å². The number of nitro benzene ring substituents is 1. The predicted molar refractivity (Wildman–Crippen MR) is 114 cm³/mol. The molecule has 0 aliphatic heterocycles. The van der Waals surface area contributed by atoms with Crippen LogP contribution in [0.1, 0.15) is 21.5 Å². The molecule has 0 aromatic heterocycles. The number of non-ortho nitro benzene ring substituents is 1. The van der Waals surface area contributed by atoms with Crippen molar-refractivity contribution in [1.82, 2.24) is 10.7 Å². The summed E-state index contributed by atoms with van der Waals surface area (Å²) < 4.78 is 0. The fourth-order valence-corrected chi connectivity index (χ4v) is 2.91. The van der Waals surface area contributed by atoms with Crippen LogP contribution in [0.4, 0.5) is 5.69 Å². The molecule has 30 heavy (non-hydrogen) atoms. The first-order valence-corrected chi connectivity index (χ1v) is 8.98. The minimum Gasteiger partial charge on any atom is -0.348 e. The van der Waals surface area contributed by atoms with Gasteiger partial charge in [0.1, 0.15) is 0 Å². The lowest BCUT2D eigenvalue weighted by Crippen LogP contribution is -2.32. The quantitative estimate of drug-likeness (QED) is 0.163. The number of nitrogens with two attached hydrogens (primary N) is 2. The molecule has 3 aromatic rings. The number of carbonyl (C=O) groups is 1. The zero-order valence-electron chi connectivity index (χ0n) is 15.9. The maximum absolute atomic E-state index is 12.4. The number of nitrogens with zero attached hydrogens (tertiary/aromatic N) is 2. The molecular weight excluding hydrogens is 384 g/mol. The summed E-state index contributed by atoms with van der Waals surface area (Å²) in [6.07, 6.45) is 0. The van der Waals surface area contributed by atoms with E-state index in [1.54, 1.807) is 30.3 Å². The van der Waals surface area contributed by atoms with E-state index < -0.39 is 4.92 Å². The number of hydrogen-bond donors (Lipinski definition) is 4. The number of carbonyl (C=O) groups excluding carboxylic acids is 1. The smallest absolute Gasteiger partial charge is 0.270 e. The minimum absolute atomic E-state index is 0.108. The Morgan fingerprint density at radius 1 is 0.967 bits per heavy atom. The second kappa shape index (κ2) is 9.30. The van der Waals surface area contributed by atoms with Gasteiger partial charge in [0.2, 0.25) is 0 Å². The highest BCUT2D eigenvalue weighted by Crippen LogP contribution is 2.26. The van der Waals surface area contributed by atoms with E-state index in [0.717, 1.165) is 5.56 Å². The summed E-state index contributed by atoms with van der Waals surface area (Å²) in [7, 11) is 0. The summed E-state index contributed by atoms with van der Waals surface area (Å²) in [6.45, 7) is 0.420. The molecule has 3 aromatic carbocycles. The lowest BCUT2D eigenvalue weighted by atomic mass is 10.00. The van der Waals surface area contributed by atoms with Crippen LogP contribution in [0.25, 0.3) is 11.1 Å². The van der Waals surface area contributed by atoms with Crippen LogP contribution in [-0.4, -0.2) is 16.7 Å². The second-order valence-electron chi connectivity index (χ2n) is 6.39. The van der Waals surface area contributed by atoms with E-state index in [4.69, 9.17) is 11.7 Å². The Hall–Kier alpha value is -4.24. The van der Waals surface area contributed by atoms with Gasteiger partial charge in [-0.25, -0.2) is 5.84 Å². The summed E-state index contributed by atoms with van der Waals surface area (Å²) >= 11 is 0. The summed E-state index contributed by atoms with van der Waals surface area (Å²) in [6, 6.07) is 20.8. The van der Waals surface area contributed by atoms with E-state index in [1.165, 1.54) is 12.1 Å². The Bertz CT molecular complexity index is 1080. The zero-order valence-corrected chi connectivity index (χ0v) is 15.9. The molecule has 0 unspecified atom stereocenters. The fraction of sp³-hybridized carbons (Fsp3) is 0.0476. The molecule has 1 amide bonds. The number of amides is 1. The van der Waals surface area contributed by atoms with Crippen molar-refractivity contribution in [1.29, 1.82) is 0 Å². The molecule has 0 radical (unpaired) electrons. The molecule has 0 bridgehead atoms. The summed E-state index contributed by atoms with van der Waals surface area (Å²) in [5, 5.41) is 17.7. The Morgan fingerprint density at radius 2 is 1.67 bits per heavy atom. The number of hydrazone groups is 1. The van der Waals surface area contributed by atoms with Crippen LogP contribution >= 0.6 is 0 Å². The van der Waals surface area contributed by atoms with Crippen LogP contribution in [0.3, 0.4) is 0 Å². The van der Waals surface area contributed by atoms with E-state index in [-0.39, 0.29) is 17.4 Å². The molecule has 0 saturated carbocycles. The van der Waals surface area contributed by atoms with E-state index in [2.05, 4.69) is 15.8 Å². The van der Waals surface area contributed by atoms with Crippen molar-refractivity contribution in [2.45, 2.75) is 6.54 Å². The monoisotopic (exact) mass is 404 g/mol. The molecule has 0 saturated heterocycles. The number of hydrogen-bond acceptors (Lipinski definition) is 6. The molecule has 3 rings (SSSR count). The van der Waals surface area contributed by atoms with Crippen molar-refractivity contribution in [3.05, 3.63) is 99.6 Å². The molecule has 6 N–H and O–H groups in total. The van der Waals surface area contributed by atoms with Gasteiger partial charge in [0.15, 0.2) is 5.84 Å². The third kappa shape index (κ3) is 4.78. The molecule has 9 nitrogen and oxygen atoms in total. The normalized spacial score (nSPS) is 11.0. The minimum atomic E-state index is -0.511. The number of nitro groups is 1. The van der Waals surface area contributed by atoms with Crippen LogP contribution in [0.5, 0.6) is 0 Å². The van der Waals surface area contributed by atoms with Gasteiger partial charge in [-0.3, -0.25) is 14.9 Å². The Labute approximate surface area is 172 Å². The highest BCUT2D eigenvalue weighted by Gasteiger charge is 2.14. The largest absolute Gasteiger partial charge is 0.348 e. The van der Waals surface area contributed by atoms with Gasteiger partial charge in [0, 0.05) is 29.8 Å². The molecular formula is C21H20N6O3. The lowest BCUT2D eigenvalue weighted by Gasteiger charge is -2.09. The maximum Gasteiger partial charge on any atom is 0.270 e. The van der Waals surface area contributed by atoms with Gasteiger partial charge in [-0.2, -0.15) is 5.10 Å². The van der Waals surface area contributed by atoms with E-state index in [0.29, 0.717) is 28.8 Å². The summed E-state index contributed by atoms with van der Waals surface area (Å²) in [5.74, 6) is 10.6. The van der Waals surface area contributed by atoms with Gasteiger partial charge in [-0.15, -0.1) is 0 Å². The Balaban J connectivity index is 1.83. The standard InChI is InChI=1S/C21H20N6O3/c22-25-20(26-23)18-10-17(11-19(12-18)27(29)30)15-6-8-16(9-7-15)21(28)24-13-14-4-2-1-3-5-14/h1-12H,13,22-23H2,(H,24,28)(H,25,26). The number of benzene rings is 3. The first-order chi connectivity index (χ1) is 14.5. The van der Waals surface area contributed by atoms with Crippen molar-refractivity contribution in [3.63, 3.8) is 0 Å². The fourth-order valence-electron chi connectivity index (χ4n) is 2.91. The summed E-state index contributed by atoms with van der Waals surface area (Å²) in [4.78, 5) is 23.2. The average molecular weight is 404 g/mol. The van der Waals surface area contributed by atoms with Crippen molar-refractivity contribution in [3.8, 4) is 11.1 Å². The Kier molecular flexibility index (Phi) is 6.36. The molecule has 0 atom stereocenters. The molecule has 9 heteroatoms. The highest BCUT2D eigenvalue weighted by molar-refractivity contribution is 6.00. The molecule has 152 valence electrons. The highest BCUT2D eigenvalue weighted by atomic mass is 16.6. The maximum atomic E-state index is 12.4. The second-order valence-corrected chi connectivity index (χ2v) is 6.39. The van der Waals surface area contributed by atoms with Crippen LogP contribution < -0.4 is 22.4 Å². The molecule has 0 aliphatic carbocycles. The third-order valence-corrected chi connectivity index (χ3v) is 4.44. The third-order valence-electron chi connectivity index (χ3n) is 4.44. The van der Waals surface area contributed by atoms with E-state index >= 15 is 0 Å². The number of rotatable bonds is 6. The lowest BCUT2D eigenvalue weighted by molar-refractivity contribution is -0.384. The van der Waals surface area contributed by atoms with Crippen molar-refractivity contribution < 1.29 is 9.72 Å². The van der Waals surface area contributed by atoms with Gasteiger partial charge in [-0.05, 0) is 34.9 Å². The van der Waals surface area contributed by atoms with Crippen LogP contribution in [0.2, 0.25) is 0 Å². The number of amidine groups is 1. The molecule has 0 aliphatic rings. The predicted octanol–water partition coefficient (Wildman–Crippen LogP) is 2.28. The van der Waals surface area contributed by atoms with Crippen LogP contribution in [0.15, 0.2) is 77.9 Å². The summed E-state index contributed by atoms with van der Waals surface area (Å²) in [5.41, 5.74) is 5.27. The molecule has 0 heterocycles. The first-order valence-electron chi connectivity index (χ1n) is 8.98. The van der Waals surface area contributed by atoms with Crippen molar-refractivity contribution in [2.75, 3.05) is 0 Å². The van der Waals surface area contributed by atoms with Crippen molar-refractivity contribution in [2.24, 2.45) is 16.8 Å². The van der Waals surface area contributed by atoms with Gasteiger partial charge < -0.3 is 16.6 Å². The van der Waals surface area contributed by atoms with Crippen LogP contribution in [-0.2, 0) is 6.54 Å². The SMILES string of the molecule is N/N=C(\NN)c1cc(-c2ccc(C(=O)NCc3ccccc3)cc2)cc([N+](=O)[O-])c1. The Morgan fingerprint density at radius 3 is 2.27 bits per heavy atom. The average Bonchev–Trinajstić information content (AvgIpc) is 2.79. The number of hydrazine groups is 1. The zero-order chi connectivity index (χ0) is 21.5. The van der Waals surface area contributed by atoms with Gasteiger partial charge in [0.25, 0.3) is 11.6 Å². The van der Waals surface area contributed by atoms with Crippen LogP contribution in [0, 0.1) is 10.1 Å². The molecule has 0 fully saturated rings. The van der Waals surface area contributed by atoms with E-state index in [9.17, 15) is 14.9 Å².